The molecule has 0 aliphatic carbocycles. The Labute approximate surface area is 135 Å². The monoisotopic (exact) mass is 318 g/mol. The van der Waals surface area contributed by atoms with Gasteiger partial charge in [-0.3, -0.25) is 0 Å². The average Bonchev–Trinajstić information content (AvgIpc) is 2.53. The highest BCUT2D eigenvalue weighted by Crippen LogP contribution is 2.19. The van der Waals surface area contributed by atoms with Crippen molar-refractivity contribution in [1.82, 2.24) is 4.98 Å². The summed E-state index contributed by atoms with van der Waals surface area (Å²) in [6.07, 6.45) is 2.60. The lowest BCUT2D eigenvalue weighted by molar-refractivity contribution is 0.316. The Balaban J connectivity index is 1.81. The molecule has 5 nitrogen and oxygen atoms in total. The molecule has 2 rings (SSSR count). The van der Waals surface area contributed by atoms with Crippen molar-refractivity contribution in [2.45, 2.75) is 13.3 Å². The summed E-state index contributed by atoms with van der Waals surface area (Å²) in [4.78, 5) is 8.24. The first-order chi connectivity index (χ1) is 10.7. The maximum atomic E-state index is 5.94. The minimum atomic E-state index is 0.351. The summed E-state index contributed by atoms with van der Waals surface area (Å²) in [6.45, 7) is 2.88. The Hall–Kier alpha value is -2.27. The molecule has 1 aromatic heterocycles. The Morgan fingerprint density at radius 1 is 1.36 bits per heavy atom. The first kappa shape index (κ1) is 16.1. The quantitative estimate of drug-likeness (QED) is 0.487. The first-order valence-electron chi connectivity index (χ1n) is 7.08. The number of nitrogens with zero attached hydrogens (tertiary/aromatic N) is 2. The number of aromatic nitrogens is 1. The highest BCUT2D eigenvalue weighted by Gasteiger charge is 2.01. The molecule has 116 valence electrons. The number of nitrogens with two attached hydrogens (primary N) is 1. The molecule has 1 aromatic carbocycles. The number of nitrogens with one attached hydrogen (secondary N) is 1. The molecule has 0 amide bonds. The first-order valence-corrected chi connectivity index (χ1v) is 7.46. The zero-order valence-electron chi connectivity index (χ0n) is 12.4. The van der Waals surface area contributed by atoms with Crippen molar-refractivity contribution in [1.29, 1.82) is 0 Å². The second-order valence-corrected chi connectivity index (χ2v) is 4.99. The third kappa shape index (κ3) is 4.93. The number of benzene rings is 1. The van der Waals surface area contributed by atoms with Crippen molar-refractivity contribution in [3.8, 4) is 5.88 Å². The Morgan fingerprint density at radius 3 is 3.00 bits per heavy atom. The van der Waals surface area contributed by atoms with Gasteiger partial charge in [0.1, 0.15) is 11.6 Å². The van der Waals surface area contributed by atoms with Gasteiger partial charge in [-0.15, -0.1) is 0 Å². The molecular weight excluding hydrogens is 300 g/mol. The number of aryl methyl sites for hydroxylation is 1. The van der Waals surface area contributed by atoms with Gasteiger partial charge in [0.2, 0.25) is 5.88 Å². The van der Waals surface area contributed by atoms with E-state index in [2.05, 4.69) is 28.3 Å². The van der Waals surface area contributed by atoms with Gasteiger partial charge in [-0.1, -0.05) is 30.7 Å². The molecular formula is C16H19ClN4O. The number of anilines is 1. The minimum Gasteiger partial charge on any atom is -0.475 e. The van der Waals surface area contributed by atoms with Gasteiger partial charge in [0.25, 0.3) is 0 Å². The summed E-state index contributed by atoms with van der Waals surface area (Å²) in [5.74, 6) is 0.755. The smallest absolute Gasteiger partial charge is 0.232 e. The van der Waals surface area contributed by atoms with Crippen LogP contribution in [0.25, 0.3) is 0 Å². The highest BCUT2D eigenvalue weighted by atomic mass is 35.5. The fraction of sp³-hybridized carbons (Fsp3) is 0.250. The average molecular weight is 319 g/mol. The van der Waals surface area contributed by atoms with Crippen molar-refractivity contribution in [2.75, 3.05) is 18.5 Å². The maximum Gasteiger partial charge on any atom is 0.232 e. The molecule has 0 spiro atoms. The van der Waals surface area contributed by atoms with E-state index in [1.54, 1.807) is 18.3 Å². The third-order valence-electron chi connectivity index (χ3n) is 2.94. The van der Waals surface area contributed by atoms with Crippen LogP contribution >= 0.6 is 11.6 Å². The fourth-order valence-corrected chi connectivity index (χ4v) is 2.02. The predicted octanol–water partition coefficient (Wildman–Crippen LogP) is 3.10. The summed E-state index contributed by atoms with van der Waals surface area (Å²) in [7, 11) is 0. The second-order valence-electron chi connectivity index (χ2n) is 4.58. The summed E-state index contributed by atoms with van der Waals surface area (Å²) in [5.41, 5.74) is 8.02. The number of halogens is 1. The summed E-state index contributed by atoms with van der Waals surface area (Å²) in [6, 6.07) is 11.5. The van der Waals surface area contributed by atoms with Crippen LogP contribution in [0.3, 0.4) is 0 Å². The zero-order valence-corrected chi connectivity index (χ0v) is 13.2. The van der Waals surface area contributed by atoms with Gasteiger partial charge in [0.05, 0.1) is 6.54 Å². The molecule has 0 saturated heterocycles. The van der Waals surface area contributed by atoms with Crippen molar-refractivity contribution >= 4 is 23.2 Å². The molecule has 0 aliphatic rings. The molecule has 0 unspecified atom stereocenters. The Morgan fingerprint density at radius 2 is 2.23 bits per heavy atom. The summed E-state index contributed by atoms with van der Waals surface area (Å²) >= 11 is 5.94. The molecule has 0 fully saturated rings. The molecule has 0 bridgehead atoms. The minimum absolute atomic E-state index is 0.351. The van der Waals surface area contributed by atoms with Crippen LogP contribution in [0.1, 0.15) is 12.5 Å². The zero-order chi connectivity index (χ0) is 15.8. The normalized spacial score (nSPS) is 11.3. The van der Waals surface area contributed by atoms with Crippen LogP contribution in [0.15, 0.2) is 47.6 Å². The van der Waals surface area contributed by atoms with Crippen LogP contribution in [0.4, 0.5) is 5.69 Å². The number of rotatable bonds is 6. The molecule has 3 N–H and O–H groups in total. The lowest BCUT2D eigenvalue weighted by atomic mass is 10.1. The van der Waals surface area contributed by atoms with Crippen molar-refractivity contribution < 1.29 is 4.74 Å². The lowest BCUT2D eigenvalue weighted by Gasteiger charge is -2.08. The number of guanidine groups is 1. The molecule has 6 heteroatoms. The number of ether oxygens (including phenoxy) is 1. The van der Waals surface area contributed by atoms with E-state index in [1.807, 2.05) is 18.2 Å². The number of aliphatic imine (C=N–C) groups is 1. The van der Waals surface area contributed by atoms with Crippen molar-refractivity contribution in [3.05, 3.63) is 53.2 Å². The van der Waals surface area contributed by atoms with Crippen molar-refractivity contribution in [3.63, 3.8) is 0 Å². The number of pyridine rings is 1. The SMILES string of the molecule is CCc1cccc(NC(N)=NCCOc2ncccc2Cl)c1. The number of hydrogen-bond donors (Lipinski definition) is 2. The maximum absolute atomic E-state index is 5.94. The van der Waals surface area contributed by atoms with Crippen molar-refractivity contribution in [2.24, 2.45) is 10.7 Å². The van der Waals surface area contributed by atoms with Crippen LogP contribution in [0.5, 0.6) is 5.88 Å². The Bertz CT molecular complexity index is 646. The largest absolute Gasteiger partial charge is 0.475 e. The van der Waals surface area contributed by atoms with Gasteiger partial charge < -0.3 is 15.8 Å². The van der Waals surface area contributed by atoms with Crippen LogP contribution in [0.2, 0.25) is 5.02 Å². The molecule has 0 radical (unpaired) electrons. The highest BCUT2D eigenvalue weighted by molar-refractivity contribution is 6.31. The van der Waals surface area contributed by atoms with E-state index in [4.69, 9.17) is 22.1 Å². The van der Waals surface area contributed by atoms with Gasteiger partial charge >= 0.3 is 0 Å². The number of hydrogen-bond acceptors (Lipinski definition) is 3. The van der Waals surface area contributed by atoms with E-state index < -0.39 is 0 Å². The molecule has 2 aromatic rings. The van der Waals surface area contributed by atoms with E-state index in [-0.39, 0.29) is 0 Å². The van der Waals surface area contributed by atoms with E-state index in [0.29, 0.717) is 30.0 Å². The van der Waals surface area contributed by atoms with Crippen LogP contribution in [-0.4, -0.2) is 24.1 Å². The standard InChI is InChI=1S/C16H19ClN4O/c1-2-12-5-3-6-13(11-12)21-16(18)20-9-10-22-15-14(17)7-4-8-19-15/h3-8,11H,2,9-10H2,1H3,(H3,18,20,21). The van der Waals surface area contributed by atoms with E-state index >= 15 is 0 Å². The topological polar surface area (TPSA) is 72.5 Å². The molecule has 0 atom stereocenters. The lowest BCUT2D eigenvalue weighted by Crippen LogP contribution is -2.23. The van der Waals surface area contributed by atoms with Gasteiger partial charge in [0, 0.05) is 11.9 Å². The molecule has 22 heavy (non-hydrogen) atoms. The van der Waals surface area contributed by atoms with Crippen LogP contribution in [0, 0.1) is 0 Å². The van der Waals surface area contributed by atoms with E-state index in [9.17, 15) is 0 Å². The summed E-state index contributed by atoms with van der Waals surface area (Å²) in [5, 5.41) is 3.54. The second kappa shape index (κ2) is 8.24. The molecule has 0 aliphatic heterocycles. The fourth-order valence-electron chi connectivity index (χ4n) is 1.84. The molecule has 0 saturated carbocycles. The van der Waals surface area contributed by atoms with Gasteiger partial charge in [0.15, 0.2) is 5.96 Å². The van der Waals surface area contributed by atoms with E-state index in [1.165, 1.54) is 5.56 Å². The Kier molecular flexibility index (Phi) is 6.03. The third-order valence-corrected chi connectivity index (χ3v) is 3.23. The predicted molar refractivity (Wildman–Crippen MR) is 90.7 cm³/mol. The van der Waals surface area contributed by atoms with E-state index in [0.717, 1.165) is 12.1 Å². The molecule has 1 heterocycles. The summed E-state index contributed by atoms with van der Waals surface area (Å²) < 4.78 is 5.44. The van der Waals surface area contributed by atoms with Crippen LogP contribution in [-0.2, 0) is 6.42 Å². The van der Waals surface area contributed by atoms with Gasteiger partial charge in [-0.05, 0) is 36.2 Å². The van der Waals surface area contributed by atoms with Gasteiger partial charge in [-0.2, -0.15) is 0 Å². The van der Waals surface area contributed by atoms with Gasteiger partial charge in [-0.25, -0.2) is 9.98 Å². The van der Waals surface area contributed by atoms with Crippen LogP contribution < -0.4 is 15.8 Å².